The molecule has 0 aromatic heterocycles. The SMILES string of the molecule is S=C1NNC(Nc2ccccc2)N1c1ccccc1. The number of thiocarbonyl (C=S) groups is 1. The minimum absolute atomic E-state index is 0.114. The molecule has 1 fully saturated rings. The smallest absolute Gasteiger partial charge is 0.190 e. The first-order chi connectivity index (χ1) is 9.34. The fourth-order valence-electron chi connectivity index (χ4n) is 2.02. The van der Waals surface area contributed by atoms with Gasteiger partial charge in [-0.25, -0.2) is 0 Å². The van der Waals surface area contributed by atoms with Crippen molar-refractivity contribution in [3.63, 3.8) is 0 Å². The maximum absolute atomic E-state index is 5.33. The van der Waals surface area contributed by atoms with Crippen LogP contribution in [0.5, 0.6) is 0 Å². The Balaban J connectivity index is 1.83. The Labute approximate surface area is 117 Å². The Morgan fingerprint density at radius 1 is 0.947 bits per heavy atom. The number of hydrogen-bond acceptors (Lipinski definition) is 3. The van der Waals surface area contributed by atoms with Crippen LogP contribution in [0.4, 0.5) is 11.4 Å². The van der Waals surface area contributed by atoms with Crippen LogP contribution < -0.4 is 21.1 Å². The maximum atomic E-state index is 5.33. The second kappa shape index (κ2) is 5.26. The number of para-hydroxylation sites is 2. The van der Waals surface area contributed by atoms with Gasteiger partial charge >= 0.3 is 0 Å². The predicted molar refractivity (Wildman–Crippen MR) is 81.6 cm³/mol. The highest BCUT2D eigenvalue weighted by molar-refractivity contribution is 7.80. The Hall–Kier alpha value is -2.11. The molecule has 2 aromatic carbocycles. The summed E-state index contributed by atoms with van der Waals surface area (Å²) in [6, 6.07) is 20.1. The molecule has 5 heteroatoms. The lowest BCUT2D eigenvalue weighted by atomic mass is 10.3. The minimum atomic E-state index is -0.114. The van der Waals surface area contributed by atoms with Crippen molar-refractivity contribution in [1.29, 1.82) is 0 Å². The lowest BCUT2D eigenvalue weighted by molar-refractivity contribution is 0.612. The highest BCUT2D eigenvalue weighted by Crippen LogP contribution is 2.19. The highest BCUT2D eigenvalue weighted by Gasteiger charge is 2.28. The van der Waals surface area contributed by atoms with Crippen LogP contribution in [0.3, 0.4) is 0 Å². The van der Waals surface area contributed by atoms with Crippen LogP contribution in [-0.4, -0.2) is 11.4 Å². The standard InChI is InChI=1S/C14H14N4S/c19-14-17-16-13(15-11-7-3-1-4-8-11)18(14)12-9-5-2-6-10-12/h1-10,13,15-16H,(H,17,19). The molecule has 0 saturated carbocycles. The van der Waals surface area contributed by atoms with E-state index in [2.05, 4.69) is 16.2 Å². The topological polar surface area (TPSA) is 39.3 Å². The number of hydrazine groups is 1. The van der Waals surface area contributed by atoms with E-state index in [4.69, 9.17) is 12.2 Å². The summed E-state index contributed by atoms with van der Waals surface area (Å²) in [6.45, 7) is 0. The van der Waals surface area contributed by atoms with Crippen molar-refractivity contribution in [1.82, 2.24) is 10.9 Å². The number of rotatable bonds is 3. The van der Waals surface area contributed by atoms with Crippen LogP contribution >= 0.6 is 12.2 Å². The first-order valence-corrected chi connectivity index (χ1v) is 6.47. The van der Waals surface area contributed by atoms with Gasteiger partial charge in [0.05, 0.1) is 0 Å². The fraction of sp³-hybridized carbons (Fsp3) is 0.0714. The third-order valence-electron chi connectivity index (χ3n) is 2.90. The summed E-state index contributed by atoms with van der Waals surface area (Å²) in [5.74, 6) is 0. The molecule has 3 N–H and O–H groups in total. The van der Waals surface area contributed by atoms with Crippen molar-refractivity contribution < 1.29 is 0 Å². The van der Waals surface area contributed by atoms with Crippen molar-refractivity contribution in [3.8, 4) is 0 Å². The molecule has 1 aliphatic heterocycles. The molecular weight excluding hydrogens is 256 g/mol. The van der Waals surface area contributed by atoms with E-state index in [0.717, 1.165) is 11.4 Å². The van der Waals surface area contributed by atoms with Gasteiger partial charge in [0, 0.05) is 11.4 Å². The minimum Gasteiger partial charge on any atom is -0.351 e. The third-order valence-corrected chi connectivity index (χ3v) is 3.20. The zero-order valence-corrected chi connectivity index (χ0v) is 11.0. The van der Waals surface area contributed by atoms with Crippen molar-refractivity contribution >= 4 is 28.7 Å². The van der Waals surface area contributed by atoms with Crippen molar-refractivity contribution in [2.45, 2.75) is 6.29 Å². The van der Waals surface area contributed by atoms with E-state index in [1.807, 2.05) is 65.6 Å². The zero-order valence-electron chi connectivity index (χ0n) is 10.2. The van der Waals surface area contributed by atoms with E-state index in [1.54, 1.807) is 0 Å². The molecule has 3 rings (SSSR count). The zero-order chi connectivity index (χ0) is 13.1. The average molecular weight is 270 g/mol. The molecule has 0 spiro atoms. The Morgan fingerprint density at radius 2 is 1.58 bits per heavy atom. The van der Waals surface area contributed by atoms with Crippen molar-refractivity contribution in [2.75, 3.05) is 10.2 Å². The van der Waals surface area contributed by atoms with E-state index in [0.29, 0.717) is 5.11 Å². The first kappa shape index (κ1) is 12.0. The van der Waals surface area contributed by atoms with Gasteiger partial charge in [-0.05, 0) is 36.5 Å². The van der Waals surface area contributed by atoms with Gasteiger partial charge < -0.3 is 5.32 Å². The quantitative estimate of drug-likeness (QED) is 0.746. The van der Waals surface area contributed by atoms with E-state index in [-0.39, 0.29) is 6.29 Å². The molecule has 1 saturated heterocycles. The van der Waals surface area contributed by atoms with Gasteiger partial charge in [0.1, 0.15) is 0 Å². The molecule has 4 nitrogen and oxygen atoms in total. The third kappa shape index (κ3) is 2.52. The van der Waals surface area contributed by atoms with Crippen molar-refractivity contribution in [3.05, 3.63) is 60.7 Å². The molecule has 1 aliphatic rings. The number of anilines is 2. The molecular formula is C14H14N4S. The molecule has 96 valence electrons. The second-order valence-corrected chi connectivity index (χ2v) is 4.58. The summed E-state index contributed by atoms with van der Waals surface area (Å²) < 4.78 is 0. The largest absolute Gasteiger partial charge is 0.351 e. The monoisotopic (exact) mass is 270 g/mol. The Kier molecular flexibility index (Phi) is 3.31. The summed E-state index contributed by atoms with van der Waals surface area (Å²) in [5, 5.41) is 4.04. The lowest BCUT2D eigenvalue weighted by Gasteiger charge is -2.25. The number of nitrogens with zero attached hydrogens (tertiary/aromatic N) is 1. The second-order valence-electron chi connectivity index (χ2n) is 4.19. The van der Waals surface area contributed by atoms with Crippen LogP contribution in [-0.2, 0) is 0 Å². The summed E-state index contributed by atoms with van der Waals surface area (Å²) in [4.78, 5) is 2.00. The molecule has 0 aliphatic carbocycles. The first-order valence-electron chi connectivity index (χ1n) is 6.06. The fourth-order valence-corrected chi connectivity index (χ4v) is 2.29. The van der Waals surface area contributed by atoms with Crippen LogP contribution in [0.2, 0.25) is 0 Å². The molecule has 1 atom stereocenters. The molecule has 0 bridgehead atoms. The normalized spacial score (nSPS) is 18.2. The van der Waals surface area contributed by atoms with Crippen LogP contribution in [0, 0.1) is 0 Å². The summed E-state index contributed by atoms with van der Waals surface area (Å²) in [6.07, 6.45) is -0.114. The van der Waals surface area contributed by atoms with Gasteiger partial charge in [0.15, 0.2) is 11.4 Å². The van der Waals surface area contributed by atoms with Crippen LogP contribution in [0.15, 0.2) is 60.7 Å². The van der Waals surface area contributed by atoms with Gasteiger partial charge in [-0.15, -0.1) is 0 Å². The number of hydrogen-bond donors (Lipinski definition) is 3. The average Bonchev–Trinajstić information content (AvgIpc) is 2.82. The predicted octanol–water partition coefficient (Wildman–Crippen LogP) is 2.28. The van der Waals surface area contributed by atoms with Gasteiger partial charge in [0.2, 0.25) is 0 Å². The molecule has 1 heterocycles. The summed E-state index contributed by atoms with van der Waals surface area (Å²) >= 11 is 5.33. The lowest BCUT2D eigenvalue weighted by Crippen LogP contribution is -2.43. The van der Waals surface area contributed by atoms with Crippen LogP contribution in [0.25, 0.3) is 0 Å². The Bertz CT molecular complexity index is 558. The number of nitrogens with one attached hydrogen (secondary N) is 3. The molecule has 1 unspecified atom stereocenters. The van der Waals surface area contributed by atoms with Gasteiger partial charge in [-0.2, -0.15) is 5.43 Å². The Morgan fingerprint density at radius 3 is 2.26 bits per heavy atom. The van der Waals surface area contributed by atoms with E-state index >= 15 is 0 Å². The highest BCUT2D eigenvalue weighted by atomic mass is 32.1. The van der Waals surface area contributed by atoms with Crippen LogP contribution in [0.1, 0.15) is 0 Å². The summed E-state index contributed by atoms with van der Waals surface area (Å²) in [5.41, 5.74) is 8.19. The molecule has 0 amide bonds. The van der Waals surface area contributed by atoms with E-state index in [9.17, 15) is 0 Å². The number of benzene rings is 2. The van der Waals surface area contributed by atoms with E-state index < -0.39 is 0 Å². The van der Waals surface area contributed by atoms with E-state index in [1.165, 1.54) is 0 Å². The van der Waals surface area contributed by atoms with Crippen molar-refractivity contribution in [2.24, 2.45) is 0 Å². The molecule has 19 heavy (non-hydrogen) atoms. The van der Waals surface area contributed by atoms with Gasteiger partial charge in [-0.1, -0.05) is 36.4 Å². The van der Waals surface area contributed by atoms with Gasteiger partial charge in [0.25, 0.3) is 0 Å². The summed E-state index contributed by atoms with van der Waals surface area (Å²) in [7, 11) is 0. The molecule has 2 aromatic rings. The maximum Gasteiger partial charge on any atom is 0.190 e. The van der Waals surface area contributed by atoms with Gasteiger partial charge in [-0.3, -0.25) is 10.3 Å². The molecule has 0 radical (unpaired) electrons.